The van der Waals surface area contributed by atoms with Crippen molar-refractivity contribution in [3.05, 3.63) is 0 Å². The molecule has 0 unspecified atom stereocenters. The maximum absolute atomic E-state index is 6.56. The standard InChI is InChI=1S/C10H20N2/c1-2-3-4-5-6-7-8-9-12-10-11/h11H,2-9H2,1H3. The van der Waals surface area contributed by atoms with E-state index in [0.29, 0.717) is 0 Å². The molecule has 0 fully saturated rings. The first kappa shape index (κ1) is 11.4. The lowest BCUT2D eigenvalue weighted by atomic mass is 10.1. The number of rotatable bonds is 8. The zero-order valence-electron chi connectivity index (χ0n) is 8.10. The van der Waals surface area contributed by atoms with Crippen LogP contribution in [-0.4, -0.2) is 12.6 Å². The molecule has 2 heteroatoms. The lowest BCUT2D eigenvalue weighted by molar-refractivity contribution is 0.593. The lowest BCUT2D eigenvalue weighted by Crippen LogP contribution is -1.82. The Morgan fingerprint density at radius 2 is 1.58 bits per heavy atom. The molecule has 0 aromatic carbocycles. The van der Waals surface area contributed by atoms with Crippen molar-refractivity contribution < 1.29 is 0 Å². The van der Waals surface area contributed by atoms with Crippen molar-refractivity contribution in [1.82, 2.24) is 0 Å². The summed E-state index contributed by atoms with van der Waals surface area (Å²) in [4.78, 5) is 3.72. The van der Waals surface area contributed by atoms with Crippen LogP contribution < -0.4 is 0 Å². The summed E-state index contributed by atoms with van der Waals surface area (Å²) in [6, 6.07) is 2.05. The topological polar surface area (TPSA) is 36.2 Å². The molecule has 0 spiro atoms. The molecule has 0 aromatic rings. The number of nitrogens with one attached hydrogen (secondary N) is 1. The molecule has 0 aliphatic rings. The highest BCUT2D eigenvalue weighted by atomic mass is 14.7. The highest BCUT2D eigenvalue weighted by Gasteiger charge is 1.88. The fourth-order valence-corrected chi connectivity index (χ4v) is 1.20. The van der Waals surface area contributed by atoms with Gasteiger partial charge in [-0.2, -0.15) is 0 Å². The van der Waals surface area contributed by atoms with E-state index in [1.54, 1.807) is 0 Å². The molecule has 12 heavy (non-hydrogen) atoms. The average molecular weight is 168 g/mol. The normalized spacial score (nSPS) is 9.42. The van der Waals surface area contributed by atoms with Crippen LogP contribution in [0, 0.1) is 5.41 Å². The van der Waals surface area contributed by atoms with Crippen molar-refractivity contribution in [3.8, 4) is 0 Å². The fraction of sp³-hybridized carbons (Fsp3) is 0.900. The number of hydrogen-bond donors (Lipinski definition) is 1. The molecular formula is C10H20N2. The molecule has 0 bridgehead atoms. The summed E-state index contributed by atoms with van der Waals surface area (Å²) in [6.45, 7) is 3.02. The molecule has 0 aliphatic heterocycles. The minimum absolute atomic E-state index is 0.789. The molecule has 0 rings (SSSR count). The molecule has 0 amide bonds. The first-order chi connectivity index (χ1) is 5.91. The van der Waals surface area contributed by atoms with Gasteiger partial charge in [0.2, 0.25) is 0 Å². The second-order valence-corrected chi connectivity index (χ2v) is 3.11. The molecule has 0 aliphatic carbocycles. The van der Waals surface area contributed by atoms with Gasteiger partial charge in [0.15, 0.2) is 0 Å². The molecule has 0 saturated heterocycles. The number of aliphatic imine (C=N–C) groups is 1. The molecule has 0 radical (unpaired) electrons. The summed E-state index contributed by atoms with van der Waals surface area (Å²) in [5.41, 5.74) is 0. The second kappa shape index (κ2) is 10.4. The molecule has 2 nitrogen and oxygen atoms in total. The molecular weight excluding hydrogens is 148 g/mol. The third-order valence-corrected chi connectivity index (χ3v) is 1.95. The first-order valence-corrected chi connectivity index (χ1v) is 5.00. The van der Waals surface area contributed by atoms with Gasteiger partial charge in [0.1, 0.15) is 0 Å². The Morgan fingerprint density at radius 3 is 2.17 bits per heavy atom. The first-order valence-electron chi connectivity index (χ1n) is 5.00. The third-order valence-electron chi connectivity index (χ3n) is 1.95. The van der Waals surface area contributed by atoms with Gasteiger partial charge in [0, 0.05) is 6.54 Å². The summed E-state index contributed by atoms with van der Waals surface area (Å²) in [5.74, 6) is 0. The maximum atomic E-state index is 6.56. The second-order valence-electron chi connectivity index (χ2n) is 3.11. The summed E-state index contributed by atoms with van der Waals surface area (Å²) < 4.78 is 0. The molecule has 0 aromatic heterocycles. The Balaban J connectivity index is 2.86. The molecule has 1 N–H and O–H groups in total. The van der Waals surface area contributed by atoms with Gasteiger partial charge in [-0.25, -0.2) is 10.4 Å². The third kappa shape index (κ3) is 9.38. The zero-order chi connectivity index (χ0) is 9.07. The minimum Gasteiger partial charge on any atom is -0.242 e. The van der Waals surface area contributed by atoms with Gasteiger partial charge >= 0.3 is 0 Å². The Labute approximate surface area is 75.6 Å². The Bertz CT molecular complexity index is 126. The van der Waals surface area contributed by atoms with Crippen LogP contribution >= 0.6 is 0 Å². The minimum atomic E-state index is 0.789. The smallest absolute Gasteiger partial charge is 0.0861 e. The van der Waals surface area contributed by atoms with Gasteiger partial charge in [-0.05, 0) is 6.42 Å². The van der Waals surface area contributed by atoms with Gasteiger partial charge in [0.05, 0.1) is 6.01 Å². The van der Waals surface area contributed by atoms with Gasteiger partial charge < -0.3 is 0 Å². The highest BCUT2D eigenvalue weighted by molar-refractivity contribution is 5.35. The van der Waals surface area contributed by atoms with Crippen molar-refractivity contribution in [2.24, 2.45) is 4.99 Å². The number of nitrogens with zero attached hydrogens (tertiary/aromatic N) is 1. The predicted molar refractivity (Wildman–Crippen MR) is 53.0 cm³/mol. The van der Waals surface area contributed by atoms with Crippen LogP contribution in [0.4, 0.5) is 0 Å². The van der Waals surface area contributed by atoms with E-state index in [2.05, 4.69) is 17.9 Å². The monoisotopic (exact) mass is 168 g/mol. The van der Waals surface area contributed by atoms with Crippen LogP contribution in [0.15, 0.2) is 4.99 Å². The van der Waals surface area contributed by atoms with Crippen LogP contribution in [0.2, 0.25) is 0 Å². The van der Waals surface area contributed by atoms with Crippen LogP contribution in [-0.2, 0) is 0 Å². The van der Waals surface area contributed by atoms with Crippen molar-refractivity contribution in [2.45, 2.75) is 51.9 Å². The lowest BCUT2D eigenvalue weighted by Gasteiger charge is -1.97. The van der Waals surface area contributed by atoms with E-state index < -0.39 is 0 Å². The summed E-state index contributed by atoms with van der Waals surface area (Å²) in [7, 11) is 0. The van der Waals surface area contributed by atoms with Crippen molar-refractivity contribution >= 4 is 6.01 Å². The van der Waals surface area contributed by atoms with Gasteiger partial charge in [0.25, 0.3) is 0 Å². The largest absolute Gasteiger partial charge is 0.242 e. The zero-order valence-corrected chi connectivity index (χ0v) is 8.10. The molecule has 0 saturated carbocycles. The van der Waals surface area contributed by atoms with Crippen LogP contribution in [0.3, 0.4) is 0 Å². The van der Waals surface area contributed by atoms with Gasteiger partial charge in [-0.3, -0.25) is 0 Å². The summed E-state index contributed by atoms with van der Waals surface area (Å²) in [6.07, 6.45) is 9.14. The van der Waals surface area contributed by atoms with E-state index in [-0.39, 0.29) is 0 Å². The van der Waals surface area contributed by atoms with Crippen LogP contribution in [0.25, 0.3) is 0 Å². The van der Waals surface area contributed by atoms with E-state index >= 15 is 0 Å². The summed E-state index contributed by atoms with van der Waals surface area (Å²) in [5, 5.41) is 6.56. The summed E-state index contributed by atoms with van der Waals surface area (Å²) >= 11 is 0. The average Bonchev–Trinajstić information content (AvgIpc) is 2.10. The molecule has 0 atom stereocenters. The van der Waals surface area contributed by atoms with E-state index in [1.807, 2.05) is 0 Å². The Kier molecular flexibility index (Phi) is 9.84. The number of hydrogen-bond acceptors (Lipinski definition) is 2. The van der Waals surface area contributed by atoms with E-state index in [1.165, 1.54) is 38.5 Å². The fourth-order valence-electron chi connectivity index (χ4n) is 1.20. The van der Waals surface area contributed by atoms with Gasteiger partial charge in [-0.1, -0.05) is 45.4 Å². The predicted octanol–water partition coefficient (Wildman–Crippen LogP) is 3.49. The highest BCUT2D eigenvalue weighted by Crippen LogP contribution is 2.06. The van der Waals surface area contributed by atoms with Gasteiger partial charge in [-0.15, -0.1) is 0 Å². The number of unbranched alkanes of at least 4 members (excludes halogenated alkanes) is 6. The Hall–Kier alpha value is -0.620. The SMILES string of the molecule is CCCCCCCCCN=C=N. The van der Waals surface area contributed by atoms with E-state index in [4.69, 9.17) is 5.41 Å². The van der Waals surface area contributed by atoms with E-state index in [0.717, 1.165) is 13.0 Å². The van der Waals surface area contributed by atoms with Crippen LogP contribution in [0.5, 0.6) is 0 Å². The molecule has 70 valence electrons. The van der Waals surface area contributed by atoms with Crippen molar-refractivity contribution in [3.63, 3.8) is 0 Å². The van der Waals surface area contributed by atoms with E-state index in [9.17, 15) is 0 Å². The molecule has 0 heterocycles. The van der Waals surface area contributed by atoms with Crippen molar-refractivity contribution in [2.75, 3.05) is 6.54 Å². The van der Waals surface area contributed by atoms with Crippen LogP contribution in [0.1, 0.15) is 51.9 Å². The quantitative estimate of drug-likeness (QED) is 0.425. The van der Waals surface area contributed by atoms with Crippen molar-refractivity contribution in [1.29, 1.82) is 5.41 Å². The Morgan fingerprint density at radius 1 is 1.00 bits per heavy atom. The maximum Gasteiger partial charge on any atom is 0.0861 e.